The molecule has 81 heavy (non-hydrogen) atoms. The normalized spacial score (nSPS) is 16.9. The summed E-state index contributed by atoms with van der Waals surface area (Å²) in [6, 6.07) is 65.4. The van der Waals surface area contributed by atoms with Crippen molar-refractivity contribution < 1.29 is 52.8 Å². The zero-order valence-corrected chi connectivity index (χ0v) is 45.1. The molecule has 0 aliphatic carbocycles. The lowest BCUT2D eigenvalue weighted by Gasteiger charge is -2.38. The maximum Gasteiger partial charge on any atom is 0.314 e. The van der Waals surface area contributed by atoms with Gasteiger partial charge in [-0.1, -0.05) is 140 Å². The first kappa shape index (κ1) is 53.9. The second-order valence-corrected chi connectivity index (χ2v) is 19.4. The van der Waals surface area contributed by atoms with Crippen molar-refractivity contribution in [2.45, 2.75) is 55.7 Å². The van der Waals surface area contributed by atoms with Gasteiger partial charge in [-0.05, 0) is 117 Å². The van der Waals surface area contributed by atoms with Crippen LogP contribution in [0.3, 0.4) is 0 Å². The van der Waals surface area contributed by atoms with Gasteiger partial charge in [0.15, 0.2) is 11.2 Å². The number of hydrogen-bond donors (Lipinski definition) is 2. The van der Waals surface area contributed by atoms with Gasteiger partial charge in [-0.2, -0.15) is 4.98 Å². The number of rotatable bonds is 22. The maximum atomic E-state index is 12.6. The van der Waals surface area contributed by atoms with Crippen LogP contribution in [0.1, 0.15) is 74.9 Å². The molecule has 1 aliphatic rings. The first-order valence-corrected chi connectivity index (χ1v) is 26.4. The fourth-order valence-electron chi connectivity index (χ4n) is 10.3. The standard InChI is InChI=1S/C66H60N4O11/c1-73-54-28-20-48(21-29-54)61(46-14-8-5-9-15-46)80-66(81-62(47-16-10-6-11-17-47)49-22-30-55(74-2)31-23-49)58(72)39-59(79-66)70-43-69-60-63(70)67-42-68-64(60)77-40-44-36-45(38-53(71)37-44)41-78-65(50-18-12-7-13-19-50,51-24-32-56(75-3)33-25-51)52-26-34-57(76-4)35-27-52/h5-38,42-43,58-59,61-62,71-72H,39-41H2,1-4H3. The number of aliphatic hydroxyl groups is 1. The predicted molar refractivity (Wildman–Crippen MR) is 303 cm³/mol. The highest BCUT2D eigenvalue weighted by molar-refractivity contribution is 5.76. The van der Waals surface area contributed by atoms with Crippen LogP contribution in [0.25, 0.3) is 11.2 Å². The molecular formula is C66H60N4O11. The maximum absolute atomic E-state index is 12.6. The van der Waals surface area contributed by atoms with Crippen LogP contribution in [0.4, 0.5) is 0 Å². The molecule has 0 radical (unpaired) electrons. The van der Waals surface area contributed by atoms with Crippen LogP contribution in [0.2, 0.25) is 0 Å². The number of nitrogens with zero attached hydrogens (tertiary/aromatic N) is 4. The van der Waals surface area contributed by atoms with Crippen molar-refractivity contribution in [1.29, 1.82) is 0 Å². The number of methoxy groups -OCH3 is 4. The fourth-order valence-corrected chi connectivity index (χ4v) is 10.3. The molecule has 10 aromatic rings. The predicted octanol–water partition coefficient (Wildman–Crippen LogP) is 12.2. The summed E-state index contributed by atoms with van der Waals surface area (Å²) >= 11 is 0. The number of ether oxygens (including phenoxy) is 9. The molecule has 4 atom stereocenters. The van der Waals surface area contributed by atoms with Crippen molar-refractivity contribution in [1.82, 2.24) is 19.5 Å². The summed E-state index contributed by atoms with van der Waals surface area (Å²) in [7, 11) is 6.50. The average molecular weight is 1090 g/mol. The highest BCUT2D eigenvalue weighted by atomic mass is 16.9. The minimum absolute atomic E-state index is 0.00304. The van der Waals surface area contributed by atoms with Crippen molar-refractivity contribution >= 4 is 11.2 Å². The zero-order valence-electron chi connectivity index (χ0n) is 45.1. The van der Waals surface area contributed by atoms with E-state index in [1.165, 1.54) is 6.33 Å². The Balaban J connectivity index is 0.896. The quantitative estimate of drug-likeness (QED) is 0.0486. The van der Waals surface area contributed by atoms with Crippen LogP contribution in [0.5, 0.6) is 34.6 Å². The summed E-state index contributed by atoms with van der Waals surface area (Å²) in [6.07, 6.45) is -0.897. The van der Waals surface area contributed by atoms with Crippen LogP contribution in [-0.2, 0) is 37.8 Å². The largest absolute Gasteiger partial charge is 0.508 e. The van der Waals surface area contributed by atoms with E-state index >= 15 is 0 Å². The van der Waals surface area contributed by atoms with E-state index < -0.39 is 36.1 Å². The minimum atomic E-state index is -2.10. The minimum Gasteiger partial charge on any atom is -0.508 e. The molecule has 1 saturated heterocycles. The molecule has 15 heteroatoms. The van der Waals surface area contributed by atoms with E-state index in [0.717, 1.165) is 38.9 Å². The lowest BCUT2D eigenvalue weighted by Crippen LogP contribution is -2.47. The Morgan fingerprint density at radius 3 is 1.48 bits per heavy atom. The van der Waals surface area contributed by atoms with Crippen molar-refractivity contribution in [3.63, 3.8) is 0 Å². The third kappa shape index (κ3) is 11.4. The van der Waals surface area contributed by atoms with Crippen LogP contribution in [0, 0.1) is 0 Å². The molecule has 2 aromatic heterocycles. The van der Waals surface area contributed by atoms with E-state index in [0.29, 0.717) is 45.3 Å². The summed E-state index contributed by atoms with van der Waals surface area (Å²) < 4.78 is 58.8. The molecule has 3 heterocycles. The molecule has 4 unspecified atom stereocenters. The van der Waals surface area contributed by atoms with Gasteiger partial charge in [-0.25, -0.2) is 9.97 Å². The van der Waals surface area contributed by atoms with Gasteiger partial charge in [-0.15, -0.1) is 0 Å². The van der Waals surface area contributed by atoms with E-state index in [1.54, 1.807) is 51.5 Å². The Hall–Kier alpha value is -9.09. The zero-order chi connectivity index (χ0) is 55.8. The fraction of sp³-hybridized carbons (Fsp3) is 0.197. The summed E-state index contributed by atoms with van der Waals surface area (Å²) in [5.41, 5.74) is 6.72. The Morgan fingerprint density at radius 2 is 0.988 bits per heavy atom. The number of phenols is 1. The monoisotopic (exact) mass is 1080 g/mol. The first-order valence-electron chi connectivity index (χ1n) is 26.4. The lowest BCUT2D eigenvalue weighted by molar-refractivity contribution is -0.419. The van der Waals surface area contributed by atoms with Crippen LogP contribution in [-0.4, -0.2) is 70.2 Å². The van der Waals surface area contributed by atoms with Gasteiger partial charge in [0.2, 0.25) is 5.88 Å². The molecule has 0 saturated carbocycles. The van der Waals surface area contributed by atoms with Crippen LogP contribution in [0.15, 0.2) is 219 Å². The number of benzene rings is 8. The van der Waals surface area contributed by atoms with Gasteiger partial charge in [0, 0.05) is 6.42 Å². The van der Waals surface area contributed by atoms with Gasteiger partial charge in [-0.3, -0.25) is 4.57 Å². The third-order valence-corrected chi connectivity index (χ3v) is 14.4. The van der Waals surface area contributed by atoms with Gasteiger partial charge >= 0.3 is 5.97 Å². The van der Waals surface area contributed by atoms with Crippen LogP contribution < -0.4 is 23.7 Å². The molecule has 2 N–H and O–H groups in total. The molecule has 11 rings (SSSR count). The van der Waals surface area contributed by atoms with Crippen molar-refractivity contribution in [2.75, 3.05) is 28.4 Å². The van der Waals surface area contributed by atoms with Gasteiger partial charge in [0.1, 0.15) is 71.8 Å². The first-order chi connectivity index (χ1) is 39.7. The highest BCUT2D eigenvalue weighted by Crippen LogP contribution is 2.48. The number of phenolic OH excluding ortho intramolecular Hbond substituents is 1. The molecule has 1 aliphatic heterocycles. The number of aliphatic hydroxyl groups excluding tert-OH is 1. The van der Waals surface area contributed by atoms with E-state index in [-0.39, 0.29) is 31.3 Å². The van der Waals surface area contributed by atoms with Gasteiger partial charge in [0.25, 0.3) is 0 Å². The van der Waals surface area contributed by atoms with E-state index in [1.807, 2.05) is 194 Å². The smallest absolute Gasteiger partial charge is 0.314 e. The Kier molecular flexibility index (Phi) is 16.0. The summed E-state index contributed by atoms with van der Waals surface area (Å²) in [6.45, 7) is 0.0973. The summed E-state index contributed by atoms with van der Waals surface area (Å²) in [5, 5.41) is 23.8. The Morgan fingerprint density at radius 1 is 0.543 bits per heavy atom. The number of aromatic nitrogens is 4. The molecule has 0 bridgehead atoms. The molecule has 410 valence electrons. The number of fused-ring (bicyclic) bond motifs is 1. The van der Waals surface area contributed by atoms with Gasteiger partial charge < -0.3 is 52.8 Å². The van der Waals surface area contributed by atoms with Crippen molar-refractivity contribution in [2.24, 2.45) is 0 Å². The Labute approximate surface area is 469 Å². The Bertz CT molecular complexity index is 3510. The summed E-state index contributed by atoms with van der Waals surface area (Å²) in [4.78, 5) is 13.9. The topological polar surface area (TPSA) is 167 Å². The van der Waals surface area contributed by atoms with Crippen molar-refractivity contribution in [3.05, 3.63) is 269 Å². The van der Waals surface area contributed by atoms with Crippen LogP contribution >= 0.6 is 0 Å². The van der Waals surface area contributed by atoms with Gasteiger partial charge in [0.05, 0.1) is 41.4 Å². The molecule has 1 fully saturated rings. The van der Waals surface area contributed by atoms with Crippen molar-refractivity contribution in [3.8, 4) is 34.6 Å². The molecule has 0 spiro atoms. The lowest BCUT2D eigenvalue weighted by atomic mass is 9.80. The third-order valence-electron chi connectivity index (χ3n) is 14.4. The van der Waals surface area contributed by atoms with E-state index in [2.05, 4.69) is 9.97 Å². The number of hydrogen-bond acceptors (Lipinski definition) is 14. The SMILES string of the molecule is COc1ccc(C(OC2(OC(c3ccccc3)c3ccc(OC)cc3)OC(n3cnc4c(OCc5cc(O)cc(COC(c6ccccc6)(c6ccc(OC)cc6)c6ccc(OC)cc6)c5)ncnc43)CC2O)c2ccccc2)cc1. The number of imidazole rings is 1. The molecule has 0 amide bonds. The van der Waals surface area contributed by atoms with E-state index in [9.17, 15) is 10.2 Å². The average Bonchev–Trinajstić information content (AvgIpc) is 4.21. The summed E-state index contributed by atoms with van der Waals surface area (Å²) in [5.74, 6) is 0.870. The second-order valence-electron chi connectivity index (χ2n) is 19.4. The highest BCUT2D eigenvalue weighted by Gasteiger charge is 2.55. The number of aromatic hydroxyl groups is 1. The molecule has 15 nitrogen and oxygen atoms in total. The molecule has 8 aromatic carbocycles. The second kappa shape index (κ2) is 24.1. The van der Waals surface area contributed by atoms with E-state index in [4.69, 9.17) is 47.6 Å². The molecular weight excluding hydrogens is 1020 g/mol.